The minimum atomic E-state index is -0.714. The van der Waals surface area contributed by atoms with Crippen molar-refractivity contribution in [2.24, 2.45) is 5.92 Å². The molecule has 1 unspecified atom stereocenters. The van der Waals surface area contributed by atoms with Crippen LogP contribution in [0.25, 0.3) is 0 Å². The minimum Gasteiger partial charge on any atom is -0.481 e. The first-order valence-corrected chi connectivity index (χ1v) is 10.3. The number of hydrogen-bond acceptors (Lipinski definition) is 4. The summed E-state index contributed by atoms with van der Waals surface area (Å²) < 4.78 is 0. The standard InChI is InChI=1S/C20H26N2O2S/c1-2-6-22-10-13(11-25-12-19(23)24)7-16-15-4-3-5-17-20(15)14(9-21-17)8-18(16)22/h2-5,13-14,16,18,21H,1,6-12H2,(H,23,24)/t13-,14?,16-,18-/m1/s1. The normalized spacial score (nSPS) is 30.2. The number of aliphatic carboxylic acids is 1. The average Bonchev–Trinajstić information content (AvgIpc) is 3.00. The fourth-order valence-electron chi connectivity index (χ4n) is 5.11. The summed E-state index contributed by atoms with van der Waals surface area (Å²) in [5, 5.41) is 12.5. The van der Waals surface area contributed by atoms with Crippen LogP contribution in [0.4, 0.5) is 5.69 Å². The summed E-state index contributed by atoms with van der Waals surface area (Å²) >= 11 is 1.56. The van der Waals surface area contributed by atoms with Crippen molar-refractivity contribution >= 4 is 23.4 Å². The zero-order valence-corrected chi connectivity index (χ0v) is 15.3. The molecule has 1 fully saturated rings. The number of carboxylic acid groups (broad SMARTS) is 1. The number of fused-ring (bicyclic) bond motifs is 2. The van der Waals surface area contributed by atoms with Crippen molar-refractivity contribution in [3.8, 4) is 0 Å². The molecule has 25 heavy (non-hydrogen) atoms. The molecule has 0 radical (unpaired) electrons. The highest BCUT2D eigenvalue weighted by Crippen LogP contribution is 2.51. The lowest BCUT2D eigenvalue weighted by Crippen LogP contribution is -2.50. The van der Waals surface area contributed by atoms with Gasteiger partial charge in [-0.3, -0.25) is 9.69 Å². The number of nitrogens with zero attached hydrogens (tertiary/aromatic N) is 1. The summed E-state index contributed by atoms with van der Waals surface area (Å²) in [4.78, 5) is 13.4. The molecule has 2 aliphatic heterocycles. The van der Waals surface area contributed by atoms with Gasteiger partial charge in [0, 0.05) is 43.2 Å². The van der Waals surface area contributed by atoms with Crippen molar-refractivity contribution in [2.75, 3.05) is 36.5 Å². The Morgan fingerprint density at radius 1 is 1.44 bits per heavy atom. The number of carboxylic acids is 1. The van der Waals surface area contributed by atoms with Crippen LogP contribution in [0.15, 0.2) is 30.9 Å². The topological polar surface area (TPSA) is 52.6 Å². The summed E-state index contributed by atoms with van der Waals surface area (Å²) in [7, 11) is 0. The van der Waals surface area contributed by atoms with E-state index in [0.29, 0.717) is 23.8 Å². The average molecular weight is 359 g/mol. The first-order valence-electron chi connectivity index (χ1n) is 9.18. The SMILES string of the molecule is C=CCN1C[C@H](CSCC(=O)O)C[C@@H]2c3cccc4c3C(CN4)C[C@H]21. The first-order chi connectivity index (χ1) is 12.2. The molecule has 2 N–H and O–H groups in total. The maximum atomic E-state index is 10.8. The number of benzene rings is 1. The number of rotatable bonds is 6. The Morgan fingerprint density at radius 3 is 3.12 bits per heavy atom. The summed E-state index contributed by atoms with van der Waals surface area (Å²) in [6, 6.07) is 7.32. The maximum absolute atomic E-state index is 10.8. The molecule has 0 bridgehead atoms. The third kappa shape index (κ3) is 3.20. The molecule has 3 aliphatic rings. The molecule has 0 amide bonds. The third-order valence-electron chi connectivity index (χ3n) is 5.97. The third-order valence-corrected chi connectivity index (χ3v) is 7.13. The molecule has 1 aromatic rings. The minimum absolute atomic E-state index is 0.207. The van der Waals surface area contributed by atoms with E-state index in [4.69, 9.17) is 5.11 Å². The molecule has 0 spiro atoms. The highest BCUT2D eigenvalue weighted by atomic mass is 32.2. The lowest BCUT2D eigenvalue weighted by atomic mass is 9.68. The molecule has 0 aromatic heterocycles. The maximum Gasteiger partial charge on any atom is 0.313 e. The van der Waals surface area contributed by atoms with Crippen molar-refractivity contribution in [1.82, 2.24) is 4.90 Å². The van der Waals surface area contributed by atoms with E-state index in [1.807, 2.05) is 6.08 Å². The summed E-state index contributed by atoms with van der Waals surface area (Å²) in [5.74, 6) is 2.17. The predicted octanol–water partition coefficient (Wildman–Crippen LogP) is 3.38. The van der Waals surface area contributed by atoms with E-state index in [-0.39, 0.29) is 5.75 Å². The van der Waals surface area contributed by atoms with Gasteiger partial charge in [-0.2, -0.15) is 0 Å². The van der Waals surface area contributed by atoms with E-state index in [1.165, 1.54) is 24.1 Å². The van der Waals surface area contributed by atoms with Gasteiger partial charge < -0.3 is 10.4 Å². The lowest BCUT2D eigenvalue weighted by molar-refractivity contribution is -0.133. The molecule has 4 atom stereocenters. The molecule has 4 rings (SSSR count). The number of hydrogen-bond donors (Lipinski definition) is 2. The second kappa shape index (κ2) is 7.04. The van der Waals surface area contributed by atoms with Gasteiger partial charge in [0.05, 0.1) is 5.75 Å². The Hall–Kier alpha value is -1.46. The quantitative estimate of drug-likeness (QED) is 0.764. The van der Waals surface area contributed by atoms with E-state index in [0.717, 1.165) is 25.4 Å². The van der Waals surface area contributed by atoms with E-state index in [2.05, 4.69) is 35.0 Å². The summed E-state index contributed by atoms with van der Waals surface area (Å²) in [6.07, 6.45) is 4.42. The number of thioether (sulfide) groups is 1. The predicted molar refractivity (Wildman–Crippen MR) is 104 cm³/mol. The first kappa shape index (κ1) is 17.0. The van der Waals surface area contributed by atoms with E-state index < -0.39 is 5.97 Å². The molecular weight excluding hydrogens is 332 g/mol. The Labute approximate surface area is 153 Å². The molecular formula is C20H26N2O2S. The Kier molecular flexibility index (Phi) is 4.78. The number of anilines is 1. The summed E-state index contributed by atoms with van der Waals surface area (Å²) in [5.41, 5.74) is 4.42. The van der Waals surface area contributed by atoms with Gasteiger partial charge in [-0.25, -0.2) is 0 Å². The fourth-order valence-corrected chi connectivity index (χ4v) is 5.98. The van der Waals surface area contributed by atoms with Crippen molar-refractivity contribution in [1.29, 1.82) is 0 Å². The van der Waals surface area contributed by atoms with Crippen LogP contribution in [-0.2, 0) is 4.79 Å². The molecule has 0 saturated carbocycles. The van der Waals surface area contributed by atoms with Gasteiger partial charge in [0.25, 0.3) is 0 Å². The van der Waals surface area contributed by atoms with Crippen LogP contribution in [0.5, 0.6) is 0 Å². The second-order valence-corrected chi connectivity index (χ2v) is 8.58. The van der Waals surface area contributed by atoms with E-state index in [9.17, 15) is 4.79 Å². The van der Waals surface area contributed by atoms with Crippen LogP contribution in [0.1, 0.15) is 35.8 Å². The highest BCUT2D eigenvalue weighted by Gasteiger charge is 2.44. The largest absolute Gasteiger partial charge is 0.481 e. The van der Waals surface area contributed by atoms with Gasteiger partial charge >= 0.3 is 5.97 Å². The van der Waals surface area contributed by atoms with Crippen molar-refractivity contribution in [3.63, 3.8) is 0 Å². The van der Waals surface area contributed by atoms with Crippen LogP contribution in [0, 0.1) is 5.92 Å². The highest BCUT2D eigenvalue weighted by molar-refractivity contribution is 7.99. The van der Waals surface area contributed by atoms with Crippen LogP contribution in [0.2, 0.25) is 0 Å². The molecule has 134 valence electrons. The van der Waals surface area contributed by atoms with Gasteiger partial charge in [-0.05, 0) is 41.7 Å². The number of carbonyl (C=O) groups is 1. The van der Waals surface area contributed by atoms with Crippen LogP contribution < -0.4 is 5.32 Å². The van der Waals surface area contributed by atoms with Gasteiger partial charge in [-0.1, -0.05) is 18.2 Å². The molecule has 1 aromatic carbocycles. The van der Waals surface area contributed by atoms with Crippen molar-refractivity contribution < 1.29 is 9.90 Å². The number of piperidine rings is 1. The van der Waals surface area contributed by atoms with Crippen LogP contribution in [0.3, 0.4) is 0 Å². The molecule has 4 nitrogen and oxygen atoms in total. The molecule has 5 heteroatoms. The van der Waals surface area contributed by atoms with Gasteiger partial charge in [0.15, 0.2) is 0 Å². The van der Waals surface area contributed by atoms with Gasteiger partial charge in [0.2, 0.25) is 0 Å². The Bertz CT molecular complexity index is 678. The van der Waals surface area contributed by atoms with Gasteiger partial charge in [0.1, 0.15) is 0 Å². The zero-order valence-electron chi connectivity index (χ0n) is 14.5. The number of likely N-dealkylation sites (tertiary alicyclic amines) is 1. The van der Waals surface area contributed by atoms with Crippen LogP contribution in [-0.4, -0.2) is 53.2 Å². The molecule has 1 aliphatic carbocycles. The van der Waals surface area contributed by atoms with E-state index in [1.54, 1.807) is 17.3 Å². The fraction of sp³-hybridized carbons (Fsp3) is 0.550. The number of nitrogens with one attached hydrogen (secondary N) is 1. The van der Waals surface area contributed by atoms with E-state index >= 15 is 0 Å². The van der Waals surface area contributed by atoms with Crippen molar-refractivity contribution in [3.05, 3.63) is 42.0 Å². The zero-order chi connectivity index (χ0) is 17.4. The summed E-state index contributed by atoms with van der Waals surface area (Å²) in [6.45, 7) is 7.02. The Morgan fingerprint density at radius 2 is 2.32 bits per heavy atom. The molecule has 1 saturated heterocycles. The van der Waals surface area contributed by atoms with Crippen molar-refractivity contribution in [2.45, 2.75) is 30.7 Å². The smallest absolute Gasteiger partial charge is 0.313 e. The molecule has 2 heterocycles. The van der Waals surface area contributed by atoms with Gasteiger partial charge in [-0.15, -0.1) is 18.3 Å². The Balaban J connectivity index is 1.58. The second-order valence-electron chi connectivity index (χ2n) is 7.55. The van der Waals surface area contributed by atoms with Crippen LogP contribution >= 0.6 is 11.8 Å². The lowest BCUT2D eigenvalue weighted by Gasteiger charge is -2.48. The monoisotopic (exact) mass is 358 g/mol.